The summed E-state index contributed by atoms with van der Waals surface area (Å²) in [5, 5.41) is 23.3. The van der Waals surface area contributed by atoms with Crippen molar-refractivity contribution in [3.63, 3.8) is 0 Å². The molecule has 0 radical (unpaired) electrons. The molecule has 0 saturated heterocycles. The second-order valence-electron chi connectivity index (χ2n) is 6.88. The number of pyridine rings is 2. The molecule has 150 valence electrons. The van der Waals surface area contributed by atoms with Gasteiger partial charge in [0.25, 0.3) is 0 Å². The van der Waals surface area contributed by atoms with Gasteiger partial charge in [0.15, 0.2) is 0 Å². The average molecular weight is 399 g/mol. The first kappa shape index (κ1) is 19.5. The first-order valence-electron chi connectivity index (χ1n) is 9.48. The standard InChI is InChI=1S/C24H20N2O4/c27-23(18-11-13-25-14-12-18)22(24(28)29)17-6-9-20(10-7-17)30-15-19-8-5-16-3-1-2-4-21(16)26-19/h1-14,22-23,27H,15H2,(H,28,29)/p-1. The number of carboxylic acids is 1. The predicted molar refractivity (Wildman–Crippen MR) is 109 cm³/mol. The molecule has 2 unspecified atom stereocenters. The molecule has 0 aliphatic carbocycles. The summed E-state index contributed by atoms with van der Waals surface area (Å²) in [6.07, 6.45) is 1.76. The van der Waals surface area contributed by atoms with Crippen LogP contribution in [-0.4, -0.2) is 21.0 Å². The second-order valence-corrected chi connectivity index (χ2v) is 6.88. The van der Waals surface area contributed by atoms with Crippen molar-refractivity contribution in [3.8, 4) is 5.75 Å². The van der Waals surface area contributed by atoms with Crippen LogP contribution in [-0.2, 0) is 11.4 Å². The molecular weight excluding hydrogens is 380 g/mol. The van der Waals surface area contributed by atoms with Crippen molar-refractivity contribution >= 4 is 16.9 Å². The fourth-order valence-corrected chi connectivity index (χ4v) is 3.32. The summed E-state index contributed by atoms with van der Waals surface area (Å²) in [4.78, 5) is 20.1. The molecule has 2 heterocycles. The van der Waals surface area contributed by atoms with Crippen molar-refractivity contribution in [2.45, 2.75) is 18.6 Å². The van der Waals surface area contributed by atoms with Crippen LogP contribution in [0.5, 0.6) is 5.75 Å². The molecule has 0 spiro atoms. The van der Waals surface area contributed by atoms with Gasteiger partial charge in [-0.3, -0.25) is 4.98 Å². The van der Waals surface area contributed by atoms with Crippen LogP contribution in [0.15, 0.2) is 85.2 Å². The van der Waals surface area contributed by atoms with Crippen molar-refractivity contribution in [1.29, 1.82) is 0 Å². The second kappa shape index (κ2) is 8.71. The predicted octanol–water partition coefficient (Wildman–Crippen LogP) is 2.78. The van der Waals surface area contributed by atoms with E-state index >= 15 is 0 Å². The first-order chi connectivity index (χ1) is 14.6. The van der Waals surface area contributed by atoms with E-state index in [0.717, 1.165) is 16.6 Å². The Labute approximate surface area is 173 Å². The molecule has 6 heteroatoms. The molecule has 0 bridgehead atoms. The van der Waals surface area contributed by atoms with Crippen molar-refractivity contribution in [3.05, 3.63) is 102 Å². The van der Waals surface area contributed by atoms with Gasteiger partial charge in [0.1, 0.15) is 12.4 Å². The number of aliphatic hydroxyl groups is 1. The number of hydrogen-bond acceptors (Lipinski definition) is 6. The molecule has 0 amide bonds. The quantitative estimate of drug-likeness (QED) is 0.513. The van der Waals surface area contributed by atoms with Gasteiger partial charge in [0, 0.05) is 17.8 Å². The normalized spacial score (nSPS) is 13.0. The van der Waals surface area contributed by atoms with E-state index in [4.69, 9.17) is 4.74 Å². The Balaban J connectivity index is 1.47. The highest BCUT2D eigenvalue weighted by molar-refractivity contribution is 5.78. The zero-order valence-corrected chi connectivity index (χ0v) is 16.0. The topological polar surface area (TPSA) is 95.4 Å². The van der Waals surface area contributed by atoms with E-state index in [1.165, 1.54) is 12.4 Å². The number of ether oxygens (including phenoxy) is 1. The molecule has 2 aromatic carbocycles. The third-order valence-corrected chi connectivity index (χ3v) is 4.90. The third-order valence-electron chi connectivity index (χ3n) is 4.90. The Morgan fingerprint density at radius 1 is 0.933 bits per heavy atom. The summed E-state index contributed by atoms with van der Waals surface area (Å²) in [7, 11) is 0. The lowest BCUT2D eigenvalue weighted by Gasteiger charge is -2.24. The van der Waals surface area contributed by atoms with Crippen LogP contribution < -0.4 is 9.84 Å². The van der Waals surface area contributed by atoms with E-state index in [0.29, 0.717) is 16.9 Å². The van der Waals surface area contributed by atoms with Gasteiger partial charge in [-0.05, 0) is 47.5 Å². The van der Waals surface area contributed by atoms with Gasteiger partial charge in [-0.1, -0.05) is 36.4 Å². The number of benzene rings is 2. The molecule has 30 heavy (non-hydrogen) atoms. The summed E-state index contributed by atoms with van der Waals surface area (Å²) in [5.74, 6) is -1.99. The van der Waals surface area contributed by atoms with Gasteiger partial charge in [-0.15, -0.1) is 0 Å². The van der Waals surface area contributed by atoms with Crippen LogP contribution in [0.4, 0.5) is 0 Å². The van der Waals surface area contributed by atoms with E-state index < -0.39 is 18.0 Å². The Kier molecular flexibility index (Phi) is 5.68. The third kappa shape index (κ3) is 4.29. The number of carbonyl (C=O) groups excluding carboxylic acids is 1. The minimum Gasteiger partial charge on any atom is -0.549 e. The smallest absolute Gasteiger partial charge is 0.130 e. The molecule has 0 fully saturated rings. The number of aliphatic hydroxyl groups excluding tert-OH is 1. The van der Waals surface area contributed by atoms with Crippen LogP contribution in [0.3, 0.4) is 0 Å². The Bertz CT molecular complexity index is 1150. The minimum atomic E-state index is -1.35. The number of carbonyl (C=O) groups is 1. The summed E-state index contributed by atoms with van der Waals surface area (Å²) in [6, 6.07) is 21.5. The maximum absolute atomic E-state index is 11.7. The highest BCUT2D eigenvalue weighted by Gasteiger charge is 2.24. The maximum Gasteiger partial charge on any atom is 0.130 e. The van der Waals surface area contributed by atoms with E-state index in [1.807, 2.05) is 36.4 Å². The highest BCUT2D eigenvalue weighted by Crippen LogP contribution is 2.31. The molecule has 1 N–H and O–H groups in total. The summed E-state index contributed by atoms with van der Waals surface area (Å²) in [6.45, 7) is 0.285. The summed E-state index contributed by atoms with van der Waals surface area (Å²) in [5.41, 5.74) is 2.58. The molecule has 2 atom stereocenters. The molecule has 0 saturated carbocycles. The van der Waals surface area contributed by atoms with Gasteiger partial charge in [0.2, 0.25) is 0 Å². The lowest BCUT2D eigenvalue weighted by Crippen LogP contribution is -2.33. The zero-order chi connectivity index (χ0) is 20.9. The molecule has 0 aliphatic heterocycles. The SMILES string of the molecule is O=C([O-])C(c1ccc(OCc2ccc3ccccc3n2)cc1)C(O)c1ccncc1. The average Bonchev–Trinajstić information content (AvgIpc) is 2.79. The lowest BCUT2D eigenvalue weighted by atomic mass is 9.89. The zero-order valence-electron chi connectivity index (χ0n) is 16.0. The van der Waals surface area contributed by atoms with Crippen LogP contribution in [0.25, 0.3) is 10.9 Å². The van der Waals surface area contributed by atoms with Gasteiger partial charge in [-0.2, -0.15) is 0 Å². The molecule has 6 nitrogen and oxygen atoms in total. The summed E-state index contributed by atoms with van der Waals surface area (Å²) >= 11 is 0. The molecule has 4 rings (SSSR count). The lowest BCUT2D eigenvalue weighted by molar-refractivity contribution is -0.310. The number of para-hydroxylation sites is 1. The number of aromatic nitrogens is 2. The Morgan fingerprint density at radius 2 is 1.67 bits per heavy atom. The molecule has 2 aromatic heterocycles. The van der Waals surface area contributed by atoms with Gasteiger partial charge < -0.3 is 19.7 Å². The number of fused-ring (bicyclic) bond motifs is 1. The fraction of sp³-hybridized carbons (Fsp3) is 0.125. The number of hydrogen-bond donors (Lipinski definition) is 1. The highest BCUT2D eigenvalue weighted by atomic mass is 16.5. The number of nitrogens with zero attached hydrogens (tertiary/aromatic N) is 2. The van der Waals surface area contributed by atoms with Crippen molar-refractivity contribution in [2.24, 2.45) is 0 Å². The fourth-order valence-electron chi connectivity index (χ4n) is 3.32. The van der Waals surface area contributed by atoms with Crippen LogP contribution >= 0.6 is 0 Å². The van der Waals surface area contributed by atoms with Crippen LogP contribution in [0.2, 0.25) is 0 Å². The molecule has 0 aliphatic rings. The van der Waals surface area contributed by atoms with Crippen molar-refractivity contribution in [2.75, 3.05) is 0 Å². The van der Waals surface area contributed by atoms with E-state index in [9.17, 15) is 15.0 Å². The largest absolute Gasteiger partial charge is 0.549 e. The van der Waals surface area contributed by atoms with E-state index in [2.05, 4.69) is 9.97 Å². The Hall–Kier alpha value is -3.77. The van der Waals surface area contributed by atoms with E-state index in [-0.39, 0.29) is 6.61 Å². The van der Waals surface area contributed by atoms with E-state index in [1.54, 1.807) is 36.4 Å². The molecule has 4 aromatic rings. The summed E-state index contributed by atoms with van der Waals surface area (Å²) < 4.78 is 5.78. The van der Waals surface area contributed by atoms with Gasteiger partial charge in [0.05, 0.1) is 29.2 Å². The first-order valence-corrected chi connectivity index (χ1v) is 9.48. The van der Waals surface area contributed by atoms with Gasteiger partial charge in [-0.25, -0.2) is 4.98 Å². The Morgan fingerprint density at radius 3 is 2.40 bits per heavy atom. The number of carboxylic acid groups (broad SMARTS) is 1. The van der Waals surface area contributed by atoms with Crippen molar-refractivity contribution in [1.82, 2.24) is 9.97 Å². The van der Waals surface area contributed by atoms with Crippen LogP contribution in [0, 0.1) is 0 Å². The van der Waals surface area contributed by atoms with Gasteiger partial charge >= 0.3 is 0 Å². The number of rotatable bonds is 7. The molecular formula is C24H19N2O4-. The van der Waals surface area contributed by atoms with Crippen LogP contribution in [0.1, 0.15) is 28.8 Å². The monoisotopic (exact) mass is 399 g/mol. The minimum absolute atomic E-state index is 0.285. The number of aliphatic carboxylic acids is 1. The maximum atomic E-state index is 11.7. The van der Waals surface area contributed by atoms with Crippen molar-refractivity contribution < 1.29 is 19.7 Å².